The molecule has 1 aliphatic carbocycles. The second kappa shape index (κ2) is 4.68. The summed E-state index contributed by atoms with van der Waals surface area (Å²) in [6.07, 6.45) is 6.10. The number of esters is 1. The number of hydrogen-bond acceptors (Lipinski definition) is 5. The number of carbonyl (C=O) groups excluding carboxylic acids is 1. The minimum absolute atomic E-state index is 0.0265. The quantitative estimate of drug-likeness (QED) is 0.815. The van der Waals surface area contributed by atoms with Gasteiger partial charge in [0.2, 0.25) is 5.95 Å². The topological polar surface area (TPSA) is 73.2 Å². The molecule has 19 heavy (non-hydrogen) atoms. The van der Waals surface area contributed by atoms with E-state index < -0.39 is 11.5 Å². The third-order valence-electron chi connectivity index (χ3n) is 3.85. The molecule has 3 rings (SSSR count). The molecular formula is C13H17N3O3. The molecule has 1 aromatic rings. The molecule has 6 heteroatoms. The second-order valence-electron chi connectivity index (χ2n) is 5.01. The van der Waals surface area contributed by atoms with Gasteiger partial charge in [-0.25, -0.2) is 4.79 Å². The summed E-state index contributed by atoms with van der Waals surface area (Å²) in [4.78, 5) is 27.5. The normalized spacial score (nSPS) is 24.3. The number of ether oxygens (including phenoxy) is 1. The first-order chi connectivity index (χ1) is 9.20. The van der Waals surface area contributed by atoms with Crippen molar-refractivity contribution in [2.75, 3.05) is 11.9 Å². The van der Waals surface area contributed by atoms with E-state index in [1.807, 2.05) is 4.57 Å². The van der Waals surface area contributed by atoms with Gasteiger partial charge in [0.05, 0.1) is 12.6 Å². The summed E-state index contributed by atoms with van der Waals surface area (Å²) in [6.45, 7) is 1.97. The second-order valence-corrected chi connectivity index (χ2v) is 5.01. The van der Waals surface area contributed by atoms with Gasteiger partial charge in [-0.05, 0) is 19.8 Å². The van der Waals surface area contributed by atoms with Crippen LogP contribution in [0.1, 0.15) is 49.0 Å². The number of carbonyl (C=O) groups is 1. The van der Waals surface area contributed by atoms with Crippen molar-refractivity contribution in [2.45, 2.75) is 44.7 Å². The van der Waals surface area contributed by atoms with E-state index in [4.69, 9.17) is 4.74 Å². The highest BCUT2D eigenvalue weighted by Gasteiger charge is 2.35. The van der Waals surface area contributed by atoms with Gasteiger partial charge in [-0.15, -0.1) is 0 Å². The lowest BCUT2D eigenvalue weighted by Crippen LogP contribution is -2.26. The maximum absolute atomic E-state index is 11.8. The summed E-state index contributed by atoms with van der Waals surface area (Å²) in [6, 6.07) is 0.628. The first kappa shape index (κ1) is 12.2. The fourth-order valence-corrected chi connectivity index (χ4v) is 2.96. The predicted molar refractivity (Wildman–Crippen MR) is 69.4 cm³/mol. The van der Waals surface area contributed by atoms with Crippen LogP contribution in [-0.2, 0) is 4.74 Å². The molecular weight excluding hydrogens is 246 g/mol. The monoisotopic (exact) mass is 263 g/mol. The van der Waals surface area contributed by atoms with E-state index in [0.717, 1.165) is 12.8 Å². The molecule has 1 fully saturated rings. The lowest BCUT2D eigenvalue weighted by molar-refractivity contribution is 0.0523. The SMILES string of the molecule is CCOC(=O)c1cn2c(nc1=O)N[C@H]1CCCC[C@@H]12. The van der Waals surface area contributed by atoms with Crippen molar-refractivity contribution in [3.05, 3.63) is 22.1 Å². The van der Waals surface area contributed by atoms with Gasteiger partial charge in [0.25, 0.3) is 5.56 Å². The van der Waals surface area contributed by atoms with E-state index in [9.17, 15) is 9.59 Å². The molecule has 1 aromatic heterocycles. The number of aromatic nitrogens is 2. The van der Waals surface area contributed by atoms with E-state index in [-0.39, 0.29) is 12.2 Å². The van der Waals surface area contributed by atoms with Crippen LogP contribution in [0, 0.1) is 0 Å². The Morgan fingerprint density at radius 2 is 2.32 bits per heavy atom. The first-order valence-corrected chi connectivity index (χ1v) is 6.77. The third-order valence-corrected chi connectivity index (χ3v) is 3.85. The van der Waals surface area contributed by atoms with Gasteiger partial charge in [0.1, 0.15) is 5.56 Å². The van der Waals surface area contributed by atoms with Gasteiger partial charge in [0, 0.05) is 12.2 Å². The molecule has 0 aromatic carbocycles. The Labute approximate surface area is 110 Å². The van der Waals surface area contributed by atoms with Crippen molar-refractivity contribution >= 4 is 11.9 Å². The minimum atomic E-state index is -0.588. The summed E-state index contributed by atoms with van der Waals surface area (Å²) < 4.78 is 6.82. The molecule has 1 saturated carbocycles. The molecule has 2 heterocycles. The van der Waals surface area contributed by atoms with Crippen molar-refractivity contribution in [3.63, 3.8) is 0 Å². The van der Waals surface area contributed by atoms with Crippen molar-refractivity contribution in [3.8, 4) is 0 Å². The Morgan fingerprint density at radius 1 is 1.53 bits per heavy atom. The van der Waals surface area contributed by atoms with Gasteiger partial charge in [-0.2, -0.15) is 4.98 Å². The third kappa shape index (κ3) is 2.01. The van der Waals surface area contributed by atoms with Crippen LogP contribution in [0.15, 0.2) is 11.0 Å². The highest BCUT2D eigenvalue weighted by molar-refractivity contribution is 5.88. The lowest BCUT2D eigenvalue weighted by atomic mass is 9.91. The Bertz CT molecular complexity index is 567. The average molecular weight is 263 g/mol. The molecule has 0 bridgehead atoms. The van der Waals surface area contributed by atoms with E-state index in [1.54, 1.807) is 13.1 Å². The van der Waals surface area contributed by atoms with E-state index in [1.165, 1.54) is 12.8 Å². The van der Waals surface area contributed by atoms with Crippen LogP contribution in [-0.4, -0.2) is 28.2 Å². The minimum Gasteiger partial charge on any atom is -0.462 e. The highest BCUT2D eigenvalue weighted by Crippen LogP contribution is 2.36. The van der Waals surface area contributed by atoms with Crippen LogP contribution in [0.4, 0.5) is 5.95 Å². The van der Waals surface area contributed by atoms with Crippen LogP contribution in [0.2, 0.25) is 0 Å². The number of fused-ring (bicyclic) bond motifs is 3. The maximum Gasteiger partial charge on any atom is 0.345 e. The average Bonchev–Trinajstić information content (AvgIpc) is 2.75. The molecule has 102 valence electrons. The van der Waals surface area contributed by atoms with Gasteiger partial charge in [-0.3, -0.25) is 4.79 Å². The Morgan fingerprint density at radius 3 is 3.11 bits per heavy atom. The molecule has 0 radical (unpaired) electrons. The number of hydrogen-bond donors (Lipinski definition) is 1. The van der Waals surface area contributed by atoms with Crippen LogP contribution >= 0.6 is 0 Å². The van der Waals surface area contributed by atoms with E-state index in [2.05, 4.69) is 10.3 Å². The van der Waals surface area contributed by atoms with Crippen molar-refractivity contribution in [2.24, 2.45) is 0 Å². The number of anilines is 1. The van der Waals surface area contributed by atoms with Crippen LogP contribution < -0.4 is 10.9 Å². The van der Waals surface area contributed by atoms with Crippen molar-refractivity contribution in [1.82, 2.24) is 9.55 Å². The number of nitrogens with one attached hydrogen (secondary N) is 1. The molecule has 0 spiro atoms. The lowest BCUT2D eigenvalue weighted by Gasteiger charge is -2.25. The number of rotatable bonds is 2. The molecule has 0 saturated heterocycles. The van der Waals surface area contributed by atoms with Crippen molar-refractivity contribution in [1.29, 1.82) is 0 Å². The number of nitrogens with zero attached hydrogens (tertiary/aromatic N) is 2. The summed E-state index contributed by atoms with van der Waals surface area (Å²) in [5.41, 5.74) is -0.491. The Balaban J connectivity index is 1.99. The largest absolute Gasteiger partial charge is 0.462 e. The van der Waals surface area contributed by atoms with Crippen LogP contribution in [0.5, 0.6) is 0 Å². The molecule has 1 N–H and O–H groups in total. The first-order valence-electron chi connectivity index (χ1n) is 6.77. The molecule has 6 nitrogen and oxygen atoms in total. The molecule has 1 aliphatic heterocycles. The standard InChI is InChI=1S/C13H17N3O3/c1-2-19-12(18)8-7-16-10-6-4-3-5-9(10)14-13(16)15-11(8)17/h7,9-10H,2-6H2,1H3,(H,14,15,17)/t9-,10-/m0/s1. The van der Waals surface area contributed by atoms with Crippen LogP contribution in [0.25, 0.3) is 0 Å². The molecule has 2 atom stereocenters. The van der Waals surface area contributed by atoms with E-state index >= 15 is 0 Å². The Hall–Kier alpha value is -1.85. The summed E-state index contributed by atoms with van der Waals surface area (Å²) in [7, 11) is 0. The predicted octanol–water partition coefficient (Wildman–Crippen LogP) is 1.33. The fraction of sp³-hybridized carbons (Fsp3) is 0.615. The van der Waals surface area contributed by atoms with Gasteiger partial charge < -0.3 is 14.6 Å². The van der Waals surface area contributed by atoms with Gasteiger partial charge in [0.15, 0.2) is 0 Å². The fourth-order valence-electron chi connectivity index (χ4n) is 2.96. The summed E-state index contributed by atoms with van der Waals surface area (Å²) in [5, 5.41) is 3.28. The summed E-state index contributed by atoms with van der Waals surface area (Å²) in [5.74, 6) is -0.00971. The highest BCUT2D eigenvalue weighted by atomic mass is 16.5. The van der Waals surface area contributed by atoms with Crippen molar-refractivity contribution < 1.29 is 9.53 Å². The zero-order valence-corrected chi connectivity index (χ0v) is 10.9. The smallest absolute Gasteiger partial charge is 0.345 e. The summed E-state index contributed by atoms with van der Waals surface area (Å²) >= 11 is 0. The van der Waals surface area contributed by atoms with Crippen LogP contribution in [0.3, 0.4) is 0 Å². The molecule has 2 aliphatic rings. The van der Waals surface area contributed by atoms with Gasteiger partial charge >= 0.3 is 5.97 Å². The Kier molecular flexibility index (Phi) is 3.00. The molecule has 0 unspecified atom stereocenters. The zero-order chi connectivity index (χ0) is 13.4. The molecule has 0 amide bonds. The zero-order valence-electron chi connectivity index (χ0n) is 10.9. The maximum atomic E-state index is 11.8. The van der Waals surface area contributed by atoms with Gasteiger partial charge in [-0.1, -0.05) is 12.8 Å². The van der Waals surface area contributed by atoms with E-state index in [0.29, 0.717) is 18.0 Å².